The van der Waals surface area contributed by atoms with Gasteiger partial charge in [0.15, 0.2) is 5.17 Å². The largest absolute Gasteiger partial charge is 0.308 e. The van der Waals surface area contributed by atoms with E-state index in [2.05, 4.69) is 27.0 Å². The summed E-state index contributed by atoms with van der Waals surface area (Å²) in [4.78, 5) is 19.0. The first-order chi connectivity index (χ1) is 16.4. The van der Waals surface area contributed by atoms with Crippen molar-refractivity contribution < 1.29 is 4.79 Å². The highest BCUT2D eigenvalue weighted by Gasteiger charge is 2.26. The van der Waals surface area contributed by atoms with Crippen molar-refractivity contribution in [2.75, 3.05) is 0 Å². The maximum absolute atomic E-state index is 12.6. The van der Waals surface area contributed by atoms with Crippen molar-refractivity contribution in [1.29, 1.82) is 5.26 Å². The van der Waals surface area contributed by atoms with Crippen molar-refractivity contribution in [2.24, 2.45) is 4.99 Å². The number of thioether (sulfide) groups is 1. The maximum atomic E-state index is 12.6. The molecule has 3 heterocycles. The molecule has 34 heavy (non-hydrogen) atoms. The highest BCUT2D eigenvalue weighted by molar-refractivity contribution is 8.18. The van der Waals surface area contributed by atoms with Gasteiger partial charge < -0.3 is 9.88 Å². The van der Waals surface area contributed by atoms with Gasteiger partial charge in [0.05, 0.1) is 26.2 Å². The standard InChI is InChI=1S/C25H20Cl2N4OS2/c1-13-9-15(14(2)31(13)24-18(12-28)17-5-3-4-6-21(17)33-24)10-22-23(32)30-25(34-22)29-16-7-8-19(26)20(27)11-16/h7-11H,3-6H2,1-2H3,(H,29,30,32)/b22-10-. The Bertz CT molecular complexity index is 1440. The molecule has 0 atom stereocenters. The van der Waals surface area contributed by atoms with Gasteiger partial charge in [0, 0.05) is 16.3 Å². The summed E-state index contributed by atoms with van der Waals surface area (Å²) in [5.74, 6) is -0.196. The number of aryl methyl sites for hydroxylation is 2. The lowest BCUT2D eigenvalue weighted by Crippen LogP contribution is -2.19. The molecular formula is C25H20Cl2N4OS2. The number of nitrogens with one attached hydrogen (secondary N) is 1. The Morgan fingerprint density at radius 1 is 1.18 bits per heavy atom. The molecule has 0 bridgehead atoms. The lowest BCUT2D eigenvalue weighted by atomic mass is 9.96. The lowest BCUT2D eigenvalue weighted by molar-refractivity contribution is -0.115. The number of fused-ring (bicyclic) bond motifs is 1. The minimum absolute atomic E-state index is 0.196. The van der Waals surface area contributed by atoms with E-state index >= 15 is 0 Å². The number of thiophene rings is 1. The van der Waals surface area contributed by atoms with E-state index in [0.29, 0.717) is 25.8 Å². The number of carbonyl (C=O) groups is 1. The van der Waals surface area contributed by atoms with Crippen molar-refractivity contribution in [2.45, 2.75) is 39.5 Å². The molecule has 172 valence electrons. The molecule has 1 aromatic carbocycles. The number of aliphatic imine (C=N–C) groups is 1. The van der Waals surface area contributed by atoms with Gasteiger partial charge in [-0.15, -0.1) is 11.3 Å². The van der Waals surface area contributed by atoms with Gasteiger partial charge in [-0.1, -0.05) is 23.2 Å². The second-order valence-corrected chi connectivity index (χ2v) is 11.2. The molecule has 0 saturated carbocycles. The molecule has 1 aliphatic carbocycles. The van der Waals surface area contributed by atoms with Crippen LogP contribution in [0, 0.1) is 25.2 Å². The Labute approximate surface area is 216 Å². The highest BCUT2D eigenvalue weighted by Crippen LogP contribution is 2.39. The molecule has 1 N–H and O–H groups in total. The Kier molecular flexibility index (Phi) is 6.34. The van der Waals surface area contributed by atoms with Gasteiger partial charge in [-0.3, -0.25) is 4.79 Å². The average molecular weight is 528 g/mol. The van der Waals surface area contributed by atoms with Gasteiger partial charge in [-0.25, -0.2) is 4.99 Å². The first-order valence-corrected chi connectivity index (χ1v) is 13.2. The Morgan fingerprint density at radius 3 is 2.74 bits per heavy atom. The molecule has 2 aromatic heterocycles. The molecule has 0 radical (unpaired) electrons. The fourth-order valence-corrected chi connectivity index (χ4v) is 6.94. The zero-order chi connectivity index (χ0) is 24.0. The fourth-order valence-electron chi connectivity index (χ4n) is 4.36. The molecule has 9 heteroatoms. The molecule has 1 fully saturated rings. The van der Waals surface area contributed by atoms with E-state index in [-0.39, 0.29) is 5.91 Å². The predicted molar refractivity (Wildman–Crippen MR) is 142 cm³/mol. The minimum Gasteiger partial charge on any atom is -0.308 e. The van der Waals surface area contributed by atoms with Crippen LogP contribution in [0.25, 0.3) is 11.1 Å². The number of hydrogen-bond acceptors (Lipinski definition) is 5. The van der Waals surface area contributed by atoms with Crippen molar-refractivity contribution in [3.8, 4) is 11.1 Å². The first-order valence-electron chi connectivity index (χ1n) is 10.8. The Hall–Kier alpha value is -2.50. The van der Waals surface area contributed by atoms with Gasteiger partial charge in [0.1, 0.15) is 11.1 Å². The molecule has 3 aromatic rings. The summed E-state index contributed by atoms with van der Waals surface area (Å²) in [6.07, 6.45) is 6.22. The van der Waals surface area contributed by atoms with Crippen LogP contribution in [0.2, 0.25) is 10.0 Å². The van der Waals surface area contributed by atoms with Gasteiger partial charge in [0.25, 0.3) is 5.91 Å². The quantitative estimate of drug-likeness (QED) is 0.369. The van der Waals surface area contributed by atoms with Crippen LogP contribution in [-0.4, -0.2) is 15.6 Å². The first kappa shape index (κ1) is 23.3. The number of nitriles is 1. The summed E-state index contributed by atoms with van der Waals surface area (Å²) in [5.41, 5.74) is 5.61. The van der Waals surface area contributed by atoms with E-state index in [1.807, 2.05) is 19.9 Å². The summed E-state index contributed by atoms with van der Waals surface area (Å²) in [6, 6.07) is 9.60. The second kappa shape index (κ2) is 9.27. The van der Waals surface area contributed by atoms with Gasteiger partial charge in [-0.05, 0) is 92.8 Å². The van der Waals surface area contributed by atoms with E-state index in [0.717, 1.165) is 46.8 Å². The molecule has 1 aliphatic heterocycles. The van der Waals surface area contributed by atoms with Gasteiger partial charge in [-0.2, -0.15) is 5.26 Å². The summed E-state index contributed by atoms with van der Waals surface area (Å²) < 4.78 is 2.15. The number of carbonyl (C=O) groups excluding carboxylic acids is 1. The summed E-state index contributed by atoms with van der Waals surface area (Å²) in [5, 5.41) is 15.1. The fraction of sp³-hybridized carbons (Fsp3) is 0.240. The summed E-state index contributed by atoms with van der Waals surface area (Å²) >= 11 is 15.1. The van der Waals surface area contributed by atoms with Crippen LogP contribution >= 0.6 is 46.3 Å². The van der Waals surface area contributed by atoms with Gasteiger partial charge >= 0.3 is 0 Å². The topological polar surface area (TPSA) is 70.2 Å². The number of nitrogens with zero attached hydrogens (tertiary/aromatic N) is 3. The normalized spacial score (nSPS) is 17.8. The smallest absolute Gasteiger partial charge is 0.264 e. The third kappa shape index (κ3) is 4.20. The number of hydrogen-bond donors (Lipinski definition) is 1. The van der Waals surface area contributed by atoms with Crippen LogP contribution in [-0.2, 0) is 17.6 Å². The number of rotatable bonds is 3. The van der Waals surface area contributed by atoms with E-state index in [4.69, 9.17) is 23.2 Å². The SMILES string of the molecule is Cc1cc(/C=C2\SC(=Nc3ccc(Cl)c(Cl)c3)NC2=O)c(C)n1-c1sc2c(c1C#N)CCCC2. The van der Waals surface area contributed by atoms with E-state index in [1.54, 1.807) is 29.5 Å². The number of amides is 1. The van der Waals surface area contributed by atoms with E-state index < -0.39 is 0 Å². The summed E-state index contributed by atoms with van der Waals surface area (Å²) in [7, 11) is 0. The van der Waals surface area contributed by atoms with Crippen LogP contribution in [0.1, 0.15) is 45.8 Å². The molecule has 2 aliphatic rings. The third-order valence-electron chi connectivity index (χ3n) is 6.01. The lowest BCUT2D eigenvalue weighted by Gasteiger charge is -2.10. The minimum atomic E-state index is -0.196. The predicted octanol–water partition coefficient (Wildman–Crippen LogP) is 7.10. The molecular weight excluding hydrogens is 507 g/mol. The molecule has 5 nitrogen and oxygen atoms in total. The number of halogens is 2. The van der Waals surface area contributed by atoms with Crippen molar-refractivity contribution >= 4 is 69.1 Å². The van der Waals surface area contributed by atoms with Crippen LogP contribution in [0.15, 0.2) is 34.2 Å². The number of aromatic nitrogens is 1. The molecule has 1 amide bonds. The third-order valence-corrected chi connectivity index (χ3v) is 8.94. The molecule has 5 rings (SSSR count). The molecule has 0 unspecified atom stereocenters. The number of amidine groups is 1. The average Bonchev–Trinajstić information content (AvgIpc) is 3.43. The van der Waals surface area contributed by atoms with E-state index in [1.165, 1.54) is 28.6 Å². The maximum Gasteiger partial charge on any atom is 0.264 e. The van der Waals surface area contributed by atoms with Crippen LogP contribution in [0.5, 0.6) is 0 Å². The van der Waals surface area contributed by atoms with Crippen molar-refractivity contribution in [3.05, 3.63) is 72.2 Å². The zero-order valence-electron chi connectivity index (χ0n) is 18.5. The number of benzene rings is 1. The Morgan fingerprint density at radius 2 is 1.97 bits per heavy atom. The van der Waals surface area contributed by atoms with Crippen molar-refractivity contribution in [1.82, 2.24) is 9.88 Å². The van der Waals surface area contributed by atoms with Crippen molar-refractivity contribution in [3.63, 3.8) is 0 Å². The second-order valence-electron chi connectivity index (χ2n) is 8.24. The summed E-state index contributed by atoms with van der Waals surface area (Å²) in [6.45, 7) is 4.06. The zero-order valence-corrected chi connectivity index (χ0v) is 21.7. The molecule has 1 saturated heterocycles. The van der Waals surface area contributed by atoms with Crippen LogP contribution in [0.4, 0.5) is 5.69 Å². The van der Waals surface area contributed by atoms with E-state index in [9.17, 15) is 10.1 Å². The monoisotopic (exact) mass is 526 g/mol. The highest BCUT2D eigenvalue weighted by atomic mass is 35.5. The Balaban J connectivity index is 1.48. The molecule has 0 spiro atoms. The van der Waals surface area contributed by atoms with Gasteiger partial charge in [0.2, 0.25) is 0 Å². The van der Waals surface area contributed by atoms with Crippen LogP contribution in [0.3, 0.4) is 0 Å². The van der Waals surface area contributed by atoms with Crippen LogP contribution < -0.4 is 5.32 Å².